The molecule has 1 aliphatic rings. The van der Waals surface area contributed by atoms with E-state index in [9.17, 15) is 14.7 Å². The molecule has 7 nitrogen and oxygen atoms in total. The average Bonchev–Trinajstić information content (AvgIpc) is 3.02. The number of carboxylic acid groups (broad SMARTS) is 1. The number of carbonyl (C=O) groups excluding carboxylic acids is 1. The maximum Gasteiger partial charge on any atom is 0.326 e. The average molecular weight is 347 g/mol. The predicted octanol–water partition coefficient (Wildman–Crippen LogP) is 1.98. The molecule has 1 aromatic carbocycles. The fourth-order valence-corrected chi connectivity index (χ4v) is 3.13. The van der Waals surface area contributed by atoms with Gasteiger partial charge in [0, 0.05) is 29.5 Å². The summed E-state index contributed by atoms with van der Waals surface area (Å²) in [7, 11) is 1.57. The summed E-state index contributed by atoms with van der Waals surface area (Å²) in [4.78, 5) is 23.9. The Morgan fingerprint density at radius 3 is 2.96 bits per heavy atom. The molecule has 2 aromatic rings. The minimum atomic E-state index is -1.04. The van der Waals surface area contributed by atoms with E-state index in [0.29, 0.717) is 30.1 Å². The van der Waals surface area contributed by atoms with E-state index in [2.05, 4.69) is 5.32 Å². The normalized spacial score (nSPS) is 18.7. The van der Waals surface area contributed by atoms with E-state index in [4.69, 9.17) is 13.9 Å². The lowest BCUT2D eigenvalue weighted by Gasteiger charge is -2.28. The molecule has 3 rings (SSSR count). The number of carboxylic acids is 1. The van der Waals surface area contributed by atoms with Crippen LogP contribution >= 0.6 is 0 Å². The van der Waals surface area contributed by atoms with Crippen molar-refractivity contribution < 1.29 is 28.6 Å². The second-order valence-electron chi connectivity index (χ2n) is 6.16. The summed E-state index contributed by atoms with van der Waals surface area (Å²) < 4.78 is 15.9. The van der Waals surface area contributed by atoms with E-state index in [-0.39, 0.29) is 18.2 Å². The molecule has 134 valence electrons. The highest BCUT2D eigenvalue weighted by Gasteiger charge is 2.31. The van der Waals surface area contributed by atoms with Crippen LogP contribution in [0.15, 0.2) is 28.9 Å². The van der Waals surface area contributed by atoms with Crippen molar-refractivity contribution in [1.29, 1.82) is 0 Å². The number of nitrogens with one attached hydrogen (secondary N) is 1. The lowest BCUT2D eigenvalue weighted by molar-refractivity contribution is -0.145. The Bertz CT molecular complexity index is 762. The van der Waals surface area contributed by atoms with E-state index in [0.717, 1.165) is 18.2 Å². The Labute approximate surface area is 144 Å². The second kappa shape index (κ2) is 7.57. The molecule has 1 amide bonds. The Hall–Kier alpha value is -2.54. The Balaban J connectivity index is 1.69. The van der Waals surface area contributed by atoms with E-state index in [1.807, 2.05) is 6.07 Å². The van der Waals surface area contributed by atoms with Gasteiger partial charge in [-0.1, -0.05) is 0 Å². The molecule has 2 heterocycles. The molecule has 2 atom stereocenters. The molecule has 1 saturated heterocycles. The quantitative estimate of drug-likeness (QED) is 0.829. The second-order valence-corrected chi connectivity index (χ2v) is 6.16. The first-order chi connectivity index (χ1) is 12.1. The molecule has 2 unspecified atom stereocenters. The summed E-state index contributed by atoms with van der Waals surface area (Å²) in [6.45, 7) is 0.993. The van der Waals surface area contributed by atoms with Gasteiger partial charge in [-0.2, -0.15) is 0 Å². The minimum Gasteiger partial charge on any atom is -0.497 e. The van der Waals surface area contributed by atoms with E-state index in [1.54, 1.807) is 19.2 Å². The molecule has 0 spiro atoms. The van der Waals surface area contributed by atoms with Gasteiger partial charge < -0.3 is 24.3 Å². The zero-order valence-electron chi connectivity index (χ0n) is 14.0. The van der Waals surface area contributed by atoms with Gasteiger partial charge in [0.1, 0.15) is 17.4 Å². The van der Waals surface area contributed by atoms with Gasteiger partial charge in [-0.05, 0) is 25.0 Å². The number of benzene rings is 1. The molecule has 1 aliphatic heterocycles. The third-order valence-corrected chi connectivity index (χ3v) is 4.46. The fraction of sp³-hybridized carbons (Fsp3) is 0.444. The van der Waals surface area contributed by atoms with Gasteiger partial charge >= 0.3 is 5.97 Å². The zero-order chi connectivity index (χ0) is 17.8. The zero-order valence-corrected chi connectivity index (χ0v) is 14.0. The first kappa shape index (κ1) is 17.3. The monoisotopic (exact) mass is 347 g/mol. The molecule has 25 heavy (non-hydrogen) atoms. The van der Waals surface area contributed by atoms with Crippen LogP contribution in [0.4, 0.5) is 0 Å². The SMILES string of the molecule is COc1ccc2c(CC(=O)NC(C(=O)O)C3CCCOC3)coc2c1. The van der Waals surface area contributed by atoms with Gasteiger partial charge in [0.05, 0.1) is 26.4 Å². The maximum atomic E-state index is 12.4. The predicted molar refractivity (Wildman–Crippen MR) is 89.6 cm³/mol. The molecule has 2 N–H and O–H groups in total. The van der Waals surface area contributed by atoms with Crippen molar-refractivity contribution in [3.05, 3.63) is 30.0 Å². The Morgan fingerprint density at radius 1 is 1.44 bits per heavy atom. The van der Waals surface area contributed by atoms with E-state index in [1.165, 1.54) is 6.26 Å². The highest BCUT2D eigenvalue weighted by molar-refractivity contribution is 5.90. The molecule has 7 heteroatoms. The van der Waals surface area contributed by atoms with Crippen LogP contribution in [-0.4, -0.2) is 43.3 Å². The van der Waals surface area contributed by atoms with Gasteiger partial charge in [-0.15, -0.1) is 0 Å². The summed E-state index contributed by atoms with van der Waals surface area (Å²) in [6, 6.07) is 4.42. The van der Waals surface area contributed by atoms with Gasteiger partial charge in [0.15, 0.2) is 0 Å². The van der Waals surface area contributed by atoms with Crippen LogP contribution in [0.1, 0.15) is 18.4 Å². The molecule has 0 aliphatic carbocycles. The molecule has 0 saturated carbocycles. The van der Waals surface area contributed by atoms with Crippen molar-refractivity contribution in [2.45, 2.75) is 25.3 Å². The number of fused-ring (bicyclic) bond motifs is 1. The van der Waals surface area contributed by atoms with Crippen LogP contribution in [0, 0.1) is 5.92 Å². The first-order valence-electron chi connectivity index (χ1n) is 8.22. The van der Waals surface area contributed by atoms with Crippen molar-refractivity contribution >= 4 is 22.8 Å². The highest BCUT2D eigenvalue weighted by atomic mass is 16.5. The summed E-state index contributed by atoms with van der Waals surface area (Å²) in [5.74, 6) is -0.927. The van der Waals surface area contributed by atoms with Crippen LogP contribution in [0.25, 0.3) is 11.0 Å². The minimum absolute atomic E-state index is 0.0523. The van der Waals surface area contributed by atoms with Crippen molar-refractivity contribution in [3.63, 3.8) is 0 Å². The third-order valence-electron chi connectivity index (χ3n) is 4.46. The molecule has 1 fully saturated rings. The van der Waals surface area contributed by atoms with Crippen molar-refractivity contribution in [3.8, 4) is 5.75 Å². The first-order valence-corrected chi connectivity index (χ1v) is 8.22. The number of aliphatic carboxylic acids is 1. The smallest absolute Gasteiger partial charge is 0.326 e. The van der Waals surface area contributed by atoms with Crippen molar-refractivity contribution in [2.75, 3.05) is 20.3 Å². The number of methoxy groups -OCH3 is 1. The summed E-state index contributed by atoms with van der Waals surface area (Å²) in [5.41, 5.74) is 1.33. The van der Waals surface area contributed by atoms with Crippen LogP contribution < -0.4 is 10.1 Å². The number of furan rings is 1. The van der Waals surface area contributed by atoms with E-state index < -0.39 is 12.0 Å². The number of rotatable bonds is 6. The van der Waals surface area contributed by atoms with Crippen LogP contribution in [-0.2, 0) is 20.7 Å². The number of ether oxygens (including phenoxy) is 2. The summed E-state index contributed by atoms with van der Waals surface area (Å²) in [5, 5.41) is 12.9. The summed E-state index contributed by atoms with van der Waals surface area (Å²) in [6.07, 6.45) is 3.10. The van der Waals surface area contributed by atoms with Gasteiger partial charge in [0.2, 0.25) is 5.91 Å². The topological polar surface area (TPSA) is 98.0 Å². The molecule has 0 bridgehead atoms. The molecule has 1 aromatic heterocycles. The third kappa shape index (κ3) is 3.93. The van der Waals surface area contributed by atoms with Gasteiger partial charge in [-0.3, -0.25) is 4.79 Å². The Morgan fingerprint density at radius 2 is 2.28 bits per heavy atom. The van der Waals surface area contributed by atoms with Crippen molar-refractivity contribution in [1.82, 2.24) is 5.32 Å². The van der Waals surface area contributed by atoms with Gasteiger partial charge in [0.25, 0.3) is 0 Å². The number of amides is 1. The molecule has 0 radical (unpaired) electrons. The lowest BCUT2D eigenvalue weighted by Crippen LogP contribution is -2.48. The lowest BCUT2D eigenvalue weighted by atomic mass is 9.93. The van der Waals surface area contributed by atoms with Crippen LogP contribution in [0.2, 0.25) is 0 Å². The van der Waals surface area contributed by atoms with Crippen LogP contribution in [0.5, 0.6) is 5.75 Å². The summed E-state index contributed by atoms with van der Waals surface area (Å²) >= 11 is 0. The molecular weight excluding hydrogens is 326 g/mol. The van der Waals surface area contributed by atoms with Crippen molar-refractivity contribution in [2.24, 2.45) is 5.92 Å². The number of hydrogen-bond donors (Lipinski definition) is 2. The molecular formula is C18H21NO6. The Kier molecular flexibility index (Phi) is 5.23. The highest BCUT2D eigenvalue weighted by Crippen LogP contribution is 2.26. The maximum absolute atomic E-state index is 12.4. The largest absolute Gasteiger partial charge is 0.497 e. The standard InChI is InChI=1S/C18H21NO6/c1-23-13-4-5-14-12(10-25-15(14)8-13)7-16(20)19-17(18(21)22)11-3-2-6-24-9-11/h4-5,8,10-11,17H,2-3,6-7,9H2,1H3,(H,19,20)(H,21,22). The fourth-order valence-electron chi connectivity index (χ4n) is 3.13. The number of carbonyl (C=O) groups is 2. The number of hydrogen-bond acceptors (Lipinski definition) is 5. The van der Waals surface area contributed by atoms with Crippen LogP contribution in [0.3, 0.4) is 0 Å². The van der Waals surface area contributed by atoms with E-state index >= 15 is 0 Å². The van der Waals surface area contributed by atoms with Gasteiger partial charge in [-0.25, -0.2) is 4.79 Å².